The normalized spacial score (nSPS) is 61.0. The third-order valence-electron chi connectivity index (χ3n) is 8.95. The van der Waals surface area contributed by atoms with Gasteiger partial charge in [-0.15, -0.1) is 0 Å². The maximum absolute atomic E-state index is 13.4. The molecule has 2 saturated carbocycles. The molecule has 4 saturated heterocycles. The fourth-order valence-electron chi connectivity index (χ4n) is 8.27. The zero-order valence-electron chi connectivity index (χ0n) is 17.3. The van der Waals surface area contributed by atoms with Crippen LogP contribution in [0.5, 0.6) is 0 Å². The quantitative estimate of drug-likeness (QED) is 0.234. The zero-order chi connectivity index (χ0) is 22.7. The molecule has 0 aromatic carbocycles. The number of aliphatic hydroxyl groups excluding tert-OH is 3. The molecule has 6 fully saturated rings. The number of hydrogen-bond donors (Lipinski definition) is 4. The average molecular weight is 440 g/mol. The summed E-state index contributed by atoms with van der Waals surface area (Å²) in [5.41, 5.74) is -9.40. The molecule has 0 bridgehead atoms. The monoisotopic (exact) mass is 440 g/mol. The smallest absolute Gasteiger partial charge is 0.343 e. The standard InChI is InChI=1S/C20H24O11/c1-5-12(24)28-11-8(22)18-10-6(21)7(16(2,3)4)17(18)9(23)13(25)30-15(17)31-20(18,14(26)29-10)19(5,11)27/h5-11,15,21-23,27H,1-4H3/t5-,6-,7+,8+,9-,10?,11+,15+,17?,18+,19-,20?/m1/s1. The molecule has 170 valence electrons. The zero-order valence-corrected chi connectivity index (χ0v) is 17.3. The maximum atomic E-state index is 13.4. The van der Waals surface area contributed by atoms with Crippen molar-refractivity contribution in [3.63, 3.8) is 0 Å². The highest BCUT2D eigenvalue weighted by Gasteiger charge is 3.05. The second kappa shape index (κ2) is 4.91. The van der Waals surface area contributed by atoms with Gasteiger partial charge in [0.25, 0.3) is 0 Å². The van der Waals surface area contributed by atoms with E-state index in [1.54, 1.807) is 20.8 Å². The van der Waals surface area contributed by atoms with Gasteiger partial charge in [0.05, 0.1) is 22.9 Å². The first-order chi connectivity index (χ1) is 14.3. The second-order valence-electron chi connectivity index (χ2n) is 10.8. The molecule has 0 aromatic rings. The summed E-state index contributed by atoms with van der Waals surface area (Å²) in [7, 11) is 0. The van der Waals surface area contributed by atoms with Crippen LogP contribution in [-0.2, 0) is 33.3 Å². The van der Waals surface area contributed by atoms with E-state index in [-0.39, 0.29) is 0 Å². The third-order valence-corrected chi connectivity index (χ3v) is 8.95. The van der Waals surface area contributed by atoms with Crippen molar-refractivity contribution in [3.8, 4) is 0 Å². The van der Waals surface area contributed by atoms with Crippen LogP contribution in [-0.4, -0.2) is 86.3 Å². The lowest BCUT2D eigenvalue weighted by Crippen LogP contribution is -2.67. The Labute approximate surface area is 176 Å². The van der Waals surface area contributed by atoms with Crippen molar-refractivity contribution in [2.75, 3.05) is 0 Å². The van der Waals surface area contributed by atoms with Gasteiger partial charge in [-0.3, -0.25) is 4.79 Å². The van der Waals surface area contributed by atoms with Gasteiger partial charge < -0.3 is 39.4 Å². The van der Waals surface area contributed by atoms with Crippen molar-refractivity contribution < 1.29 is 53.8 Å². The molecule has 4 heterocycles. The van der Waals surface area contributed by atoms with E-state index in [1.165, 1.54) is 6.92 Å². The lowest BCUT2D eigenvalue weighted by atomic mass is 9.51. The molecule has 4 aliphatic heterocycles. The van der Waals surface area contributed by atoms with Crippen LogP contribution in [0.2, 0.25) is 0 Å². The van der Waals surface area contributed by atoms with Gasteiger partial charge in [0.1, 0.15) is 12.2 Å². The van der Waals surface area contributed by atoms with Gasteiger partial charge >= 0.3 is 17.9 Å². The SMILES string of the molecule is C[C@@H]1C(=O)O[C@H]2[C@H](O)[C@@]34C5OC(=O)C3(O[C@@H]3OC(=O)[C@@H](O)C34[C@H](C(C)(C)C)[C@H]5O)[C@@]12O. The fourth-order valence-corrected chi connectivity index (χ4v) is 8.27. The van der Waals surface area contributed by atoms with E-state index in [1.807, 2.05) is 0 Å². The maximum Gasteiger partial charge on any atom is 0.343 e. The van der Waals surface area contributed by atoms with Gasteiger partial charge in [0.2, 0.25) is 11.9 Å². The molecule has 11 nitrogen and oxygen atoms in total. The molecular weight excluding hydrogens is 416 g/mol. The third kappa shape index (κ3) is 1.43. The Bertz CT molecular complexity index is 957. The minimum Gasteiger partial charge on any atom is -0.456 e. The van der Waals surface area contributed by atoms with E-state index in [9.17, 15) is 34.8 Å². The van der Waals surface area contributed by atoms with E-state index in [2.05, 4.69) is 0 Å². The highest BCUT2D eigenvalue weighted by molar-refractivity contribution is 5.94. The minimum atomic E-state index is -2.40. The number of esters is 3. The van der Waals surface area contributed by atoms with Gasteiger partial charge in [-0.1, -0.05) is 20.8 Å². The summed E-state index contributed by atoms with van der Waals surface area (Å²) in [6, 6.07) is 0. The molecule has 4 N–H and O–H groups in total. The summed E-state index contributed by atoms with van der Waals surface area (Å²) in [5.74, 6) is -5.22. The second-order valence-corrected chi connectivity index (χ2v) is 10.8. The van der Waals surface area contributed by atoms with Crippen molar-refractivity contribution in [1.82, 2.24) is 0 Å². The molecule has 6 rings (SSSR count). The molecule has 2 aliphatic carbocycles. The Hall–Kier alpha value is -1.79. The van der Waals surface area contributed by atoms with E-state index in [0.29, 0.717) is 0 Å². The van der Waals surface area contributed by atoms with Crippen LogP contribution < -0.4 is 0 Å². The topological polar surface area (TPSA) is 169 Å². The summed E-state index contributed by atoms with van der Waals surface area (Å²) >= 11 is 0. The highest BCUT2D eigenvalue weighted by Crippen LogP contribution is 2.84. The van der Waals surface area contributed by atoms with Crippen molar-refractivity contribution in [3.05, 3.63) is 0 Å². The van der Waals surface area contributed by atoms with Gasteiger partial charge in [0.15, 0.2) is 17.8 Å². The van der Waals surface area contributed by atoms with E-state index >= 15 is 0 Å². The lowest BCUT2D eigenvalue weighted by molar-refractivity contribution is -0.240. The Morgan fingerprint density at radius 2 is 1.58 bits per heavy atom. The number of carbonyl (C=O) groups excluding carboxylic acids is 3. The van der Waals surface area contributed by atoms with Crippen LogP contribution in [0.4, 0.5) is 0 Å². The van der Waals surface area contributed by atoms with E-state index in [4.69, 9.17) is 18.9 Å². The van der Waals surface area contributed by atoms with Crippen molar-refractivity contribution in [1.29, 1.82) is 0 Å². The van der Waals surface area contributed by atoms with Crippen LogP contribution in [0, 0.1) is 28.1 Å². The average Bonchev–Trinajstić information content (AvgIpc) is 3.35. The number of fused-ring (bicyclic) bond motifs is 1. The van der Waals surface area contributed by atoms with Gasteiger partial charge in [0, 0.05) is 5.92 Å². The van der Waals surface area contributed by atoms with Gasteiger partial charge in [-0.05, 0) is 12.3 Å². The summed E-state index contributed by atoms with van der Waals surface area (Å²) in [4.78, 5) is 38.3. The van der Waals surface area contributed by atoms with Crippen LogP contribution in [0.25, 0.3) is 0 Å². The predicted octanol–water partition coefficient (Wildman–Crippen LogP) is -2.40. The molecule has 31 heavy (non-hydrogen) atoms. The van der Waals surface area contributed by atoms with Gasteiger partial charge in [-0.25, -0.2) is 9.59 Å². The molecule has 0 radical (unpaired) electrons. The molecule has 0 amide bonds. The Balaban J connectivity index is 1.75. The van der Waals surface area contributed by atoms with Crippen LogP contribution in [0.3, 0.4) is 0 Å². The molecule has 11 heteroatoms. The number of aliphatic hydroxyl groups is 4. The largest absolute Gasteiger partial charge is 0.456 e. The first-order valence-corrected chi connectivity index (χ1v) is 10.3. The number of rotatable bonds is 0. The minimum absolute atomic E-state index is 0.792. The molecule has 6 aliphatic rings. The van der Waals surface area contributed by atoms with Crippen LogP contribution in [0.15, 0.2) is 0 Å². The fraction of sp³-hybridized carbons (Fsp3) is 0.850. The highest BCUT2D eigenvalue weighted by atomic mass is 16.8. The molecular formula is C20H24O11. The van der Waals surface area contributed by atoms with Crippen molar-refractivity contribution >= 4 is 17.9 Å². The molecule has 12 atom stereocenters. The van der Waals surface area contributed by atoms with E-state index < -0.39 is 94.0 Å². The first kappa shape index (κ1) is 19.9. The summed E-state index contributed by atoms with van der Waals surface area (Å²) in [6.07, 6.45) is -9.69. The van der Waals surface area contributed by atoms with Gasteiger partial charge in [-0.2, -0.15) is 0 Å². The van der Waals surface area contributed by atoms with Crippen molar-refractivity contribution in [2.24, 2.45) is 28.1 Å². The lowest BCUT2D eigenvalue weighted by Gasteiger charge is -2.47. The summed E-state index contributed by atoms with van der Waals surface area (Å²) < 4.78 is 22.2. The Morgan fingerprint density at radius 1 is 0.935 bits per heavy atom. The summed E-state index contributed by atoms with van der Waals surface area (Å²) in [5, 5.41) is 46.1. The number of hydrogen-bond acceptors (Lipinski definition) is 11. The number of ether oxygens (including phenoxy) is 4. The van der Waals surface area contributed by atoms with Crippen molar-refractivity contribution in [2.45, 2.75) is 75.7 Å². The Morgan fingerprint density at radius 3 is 2.19 bits per heavy atom. The van der Waals surface area contributed by atoms with Crippen LogP contribution in [0.1, 0.15) is 27.7 Å². The molecule has 0 aromatic heterocycles. The molecule has 3 unspecified atom stereocenters. The molecule has 2 spiro atoms. The summed E-state index contributed by atoms with van der Waals surface area (Å²) in [6.45, 7) is 6.63. The predicted molar refractivity (Wildman–Crippen MR) is 93.4 cm³/mol. The Kier molecular flexibility index (Phi) is 3.15. The van der Waals surface area contributed by atoms with Crippen LogP contribution >= 0.6 is 0 Å². The first-order valence-electron chi connectivity index (χ1n) is 10.3. The number of carbonyl (C=O) groups is 3. The van der Waals surface area contributed by atoms with E-state index in [0.717, 1.165) is 0 Å².